The number of nitrogens with one attached hydrogen (secondary N) is 1. The summed E-state index contributed by atoms with van der Waals surface area (Å²) in [7, 11) is 1.70. The Hall–Kier alpha value is -2.56. The topological polar surface area (TPSA) is 62.4 Å². The zero-order chi connectivity index (χ0) is 15.2. The smallest absolute Gasteiger partial charge is 0.270 e. The highest BCUT2D eigenvalue weighted by atomic mass is 16.5. The summed E-state index contributed by atoms with van der Waals surface area (Å²) in [6.07, 6.45) is 0. The lowest BCUT2D eigenvalue weighted by Crippen LogP contribution is -2.28. The van der Waals surface area contributed by atoms with Gasteiger partial charge >= 0.3 is 0 Å². The number of hydrogen-bond acceptors (Lipinski definition) is 3. The van der Waals surface area contributed by atoms with Crippen LogP contribution in [0.1, 0.15) is 23.0 Å². The summed E-state index contributed by atoms with van der Waals surface area (Å²) in [6, 6.07) is 12.1. The average Bonchev–Trinajstić information content (AvgIpc) is 2.48. The second-order valence-corrected chi connectivity index (χ2v) is 4.67. The van der Waals surface area contributed by atoms with Crippen molar-refractivity contribution in [2.75, 3.05) is 13.7 Å². The van der Waals surface area contributed by atoms with Gasteiger partial charge in [0.25, 0.3) is 5.91 Å². The van der Waals surface area contributed by atoms with Gasteiger partial charge < -0.3 is 14.6 Å². The molecule has 110 valence electrons. The lowest BCUT2D eigenvalue weighted by Gasteiger charge is -2.17. The van der Waals surface area contributed by atoms with Crippen LogP contribution < -0.4 is 10.3 Å². The van der Waals surface area contributed by atoms with Gasteiger partial charge in [-0.25, -0.2) is 0 Å². The average molecular weight is 286 g/mol. The molecular weight excluding hydrogens is 268 g/mol. The summed E-state index contributed by atoms with van der Waals surface area (Å²) >= 11 is 0. The second kappa shape index (κ2) is 6.74. The van der Waals surface area contributed by atoms with Crippen molar-refractivity contribution in [1.29, 1.82) is 0 Å². The van der Waals surface area contributed by atoms with Crippen LogP contribution in [0.2, 0.25) is 0 Å². The number of pyridine rings is 1. The van der Waals surface area contributed by atoms with E-state index in [2.05, 4.69) is 4.98 Å². The van der Waals surface area contributed by atoms with Crippen LogP contribution in [0.3, 0.4) is 0 Å². The number of hydrogen-bond donors (Lipinski definition) is 1. The normalized spacial score (nSPS) is 10.2. The van der Waals surface area contributed by atoms with Crippen molar-refractivity contribution in [3.8, 4) is 5.75 Å². The number of carbonyl (C=O) groups excluding carboxylic acids is 1. The summed E-state index contributed by atoms with van der Waals surface area (Å²) < 4.78 is 5.38. The molecule has 2 rings (SSSR count). The molecule has 1 N–H and O–H groups in total. The van der Waals surface area contributed by atoms with Gasteiger partial charge in [-0.05, 0) is 30.7 Å². The number of aromatic amines is 1. The predicted molar refractivity (Wildman–Crippen MR) is 80.5 cm³/mol. The highest BCUT2D eigenvalue weighted by Gasteiger charge is 2.12. The maximum atomic E-state index is 12.2. The summed E-state index contributed by atoms with van der Waals surface area (Å²) in [5, 5.41) is 0. The van der Waals surface area contributed by atoms with Gasteiger partial charge in [-0.15, -0.1) is 0 Å². The molecule has 0 spiro atoms. The van der Waals surface area contributed by atoms with E-state index >= 15 is 0 Å². The molecule has 1 heterocycles. The van der Waals surface area contributed by atoms with E-state index in [9.17, 15) is 9.59 Å². The molecule has 1 amide bonds. The molecule has 0 bridgehead atoms. The van der Waals surface area contributed by atoms with E-state index in [1.165, 1.54) is 6.07 Å². The van der Waals surface area contributed by atoms with Crippen molar-refractivity contribution < 1.29 is 9.53 Å². The van der Waals surface area contributed by atoms with E-state index < -0.39 is 0 Å². The Labute approximate surface area is 123 Å². The van der Waals surface area contributed by atoms with Crippen molar-refractivity contribution in [2.45, 2.75) is 13.5 Å². The van der Waals surface area contributed by atoms with Crippen molar-refractivity contribution in [2.24, 2.45) is 0 Å². The zero-order valence-electron chi connectivity index (χ0n) is 12.1. The van der Waals surface area contributed by atoms with Gasteiger partial charge in [0.1, 0.15) is 11.4 Å². The highest BCUT2D eigenvalue weighted by molar-refractivity contribution is 5.91. The summed E-state index contributed by atoms with van der Waals surface area (Å²) in [6.45, 7) is 3.02. The lowest BCUT2D eigenvalue weighted by atomic mass is 10.2. The third-order valence-electron chi connectivity index (χ3n) is 3.00. The van der Waals surface area contributed by atoms with Crippen molar-refractivity contribution in [3.63, 3.8) is 0 Å². The number of rotatable bonds is 5. The molecule has 0 radical (unpaired) electrons. The maximum absolute atomic E-state index is 12.2. The minimum absolute atomic E-state index is 0.221. The van der Waals surface area contributed by atoms with E-state index in [-0.39, 0.29) is 17.2 Å². The molecule has 1 aromatic carbocycles. The van der Waals surface area contributed by atoms with E-state index in [1.807, 2.05) is 31.2 Å². The largest absolute Gasteiger partial charge is 0.494 e. The first kappa shape index (κ1) is 14.8. The van der Waals surface area contributed by atoms with Crippen LogP contribution >= 0.6 is 0 Å². The molecular formula is C16H18N2O3. The molecule has 0 aliphatic carbocycles. The SMILES string of the molecule is CCOc1ccc(CN(C)C(=O)c2cccc(=O)[nH]2)cc1. The highest BCUT2D eigenvalue weighted by Crippen LogP contribution is 2.13. The fourth-order valence-electron chi connectivity index (χ4n) is 1.98. The monoisotopic (exact) mass is 286 g/mol. The minimum Gasteiger partial charge on any atom is -0.494 e. The number of benzene rings is 1. The second-order valence-electron chi connectivity index (χ2n) is 4.67. The molecule has 0 aliphatic rings. The van der Waals surface area contributed by atoms with Crippen molar-refractivity contribution in [3.05, 3.63) is 64.1 Å². The number of amides is 1. The van der Waals surface area contributed by atoms with Crippen molar-refractivity contribution in [1.82, 2.24) is 9.88 Å². The van der Waals surface area contributed by atoms with Crippen LogP contribution in [-0.2, 0) is 6.54 Å². The van der Waals surface area contributed by atoms with E-state index in [0.717, 1.165) is 11.3 Å². The molecule has 5 heteroatoms. The van der Waals surface area contributed by atoms with Crippen LogP contribution in [-0.4, -0.2) is 29.4 Å². The number of ether oxygens (including phenoxy) is 1. The van der Waals surface area contributed by atoms with Gasteiger partial charge in [0, 0.05) is 19.7 Å². The van der Waals surface area contributed by atoms with Crippen LogP contribution in [0.25, 0.3) is 0 Å². The Balaban J connectivity index is 2.05. The van der Waals surface area contributed by atoms with Gasteiger partial charge in [0.2, 0.25) is 5.56 Å². The Morgan fingerprint density at radius 3 is 2.52 bits per heavy atom. The lowest BCUT2D eigenvalue weighted by molar-refractivity contribution is 0.0779. The fraction of sp³-hybridized carbons (Fsp3) is 0.250. The first-order valence-electron chi connectivity index (χ1n) is 6.76. The summed E-state index contributed by atoms with van der Waals surface area (Å²) in [5.41, 5.74) is 0.999. The standard InChI is InChI=1S/C16H18N2O3/c1-3-21-13-9-7-12(8-10-13)11-18(2)16(20)14-5-4-6-15(19)17-14/h4-10H,3,11H2,1-2H3,(H,17,19). The van der Waals surface area contributed by atoms with E-state index in [0.29, 0.717) is 13.2 Å². The number of carbonyl (C=O) groups is 1. The number of nitrogens with zero attached hydrogens (tertiary/aromatic N) is 1. The van der Waals surface area contributed by atoms with Gasteiger partial charge in [-0.3, -0.25) is 9.59 Å². The van der Waals surface area contributed by atoms with E-state index in [4.69, 9.17) is 4.74 Å². The predicted octanol–water partition coefficient (Wildman–Crippen LogP) is 2.05. The molecule has 0 fully saturated rings. The Bertz CT molecular complexity index is 662. The quantitative estimate of drug-likeness (QED) is 0.915. The molecule has 0 saturated heterocycles. The summed E-state index contributed by atoms with van der Waals surface area (Å²) in [5.74, 6) is 0.587. The molecule has 21 heavy (non-hydrogen) atoms. The maximum Gasteiger partial charge on any atom is 0.270 e. The molecule has 5 nitrogen and oxygen atoms in total. The first-order valence-corrected chi connectivity index (χ1v) is 6.76. The van der Waals surface area contributed by atoms with Crippen LogP contribution in [0, 0.1) is 0 Å². The molecule has 0 saturated carbocycles. The number of aromatic nitrogens is 1. The van der Waals surface area contributed by atoms with Gasteiger partial charge in [-0.2, -0.15) is 0 Å². The molecule has 0 aliphatic heterocycles. The Kier molecular flexibility index (Phi) is 4.77. The van der Waals surface area contributed by atoms with Crippen LogP contribution in [0.4, 0.5) is 0 Å². The first-order chi connectivity index (χ1) is 10.1. The number of H-pyrrole nitrogens is 1. The molecule has 2 aromatic rings. The van der Waals surface area contributed by atoms with Gasteiger partial charge in [0.15, 0.2) is 0 Å². The van der Waals surface area contributed by atoms with Crippen LogP contribution in [0.15, 0.2) is 47.3 Å². The third-order valence-corrected chi connectivity index (χ3v) is 3.00. The molecule has 1 aromatic heterocycles. The Morgan fingerprint density at radius 2 is 1.90 bits per heavy atom. The fourth-order valence-corrected chi connectivity index (χ4v) is 1.98. The van der Waals surface area contributed by atoms with Gasteiger partial charge in [0.05, 0.1) is 6.61 Å². The summed E-state index contributed by atoms with van der Waals surface area (Å²) in [4.78, 5) is 27.5. The zero-order valence-corrected chi connectivity index (χ0v) is 12.1. The van der Waals surface area contributed by atoms with Crippen LogP contribution in [0.5, 0.6) is 5.75 Å². The Morgan fingerprint density at radius 1 is 1.19 bits per heavy atom. The minimum atomic E-state index is -0.282. The molecule has 0 atom stereocenters. The van der Waals surface area contributed by atoms with E-state index in [1.54, 1.807) is 24.1 Å². The van der Waals surface area contributed by atoms with Crippen molar-refractivity contribution >= 4 is 5.91 Å². The van der Waals surface area contributed by atoms with Gasteiger partial charge in [-0.1, -0.05) is 18.2 Å². The third kappa shape index (κ3) is 3.95. The molecule has 0 unspecified atom stereocenters.